The molecule has 0 spiro atoms. The first-order chi connectivity index (χ1) is 10.3. The zero-order valence-electron chi connectivity index (χ0n) is 10.9. The van der Waals surface area contributed by atoms with Crippen LogP contribution in [0, 0.1) is 12.3 Å². The molecule has 8 heteroatoms. The molecule has 1 aromatic carbocycles. The third-order valence-electron chi connectivity index (χ3n) is 3.17. The lowest BCUT2D eigenvalue weighted by atomic mass is 10.2. The van der Waals surface area contributed by atoms with Crippen molar-refractivity contribution < 1.29 is 18.3 Å². The molecule has 0 unspecified atom stereocenters. The van der Waals surface area contributed by atoms with E-state index in [4.69, 9.17) is 28.5 Å². The first-order valence-corrected chi connectivity index (χ1v) is 6.43. The Hall–Kier alpha value is -2.59. The van der Waals surface area contributed by atoms with Gasteiger partial charge in [0, 0.05) is 5.56 Å². The van der Waals surface area contributed by atoms with Gasteiger partial charge in [-0.05, 0) is 18.2 Å². The molecule has 0 fully saturated rings. The molecule has 3 rings (SSSR count). The molecule has 0 saturated heterocycles. The molecule has 2 heterocycles. The fourth-order valence-electron chi connectivity index (χ4n) is 2.18. The molecule has 1 amide bonds. The number of ether oxygens (including phenoxy) is 1. The monoisotopic (exact) mass is 323 g/mol. The van der Waals surface area contributed by atoms with E-state index in [0.717, 1.165) is 4.68 Å². The van der Waals surface area contributed by atoms with Crippen LogP contribution in [0.3, 0.4) is 0 Å². The molecule has 2 N–H and O–H groups in total. The molecular weight excluding hydrogens is 316 g/mol. The van der Waals surface area contributed by atoms with E-state index in [0.29, 0.717) is 5.56 Å². The van der Waals surface area contributed by atoms with Crippen molar-refractivity contribution in [3.05, 3.63) is 40.2 Å². The Morgan fingerprint density at radius 1 is 1.55 bits per heavy atom. The first-order valence-electron chi connectivity index (χ1n) is 6.05. The van der Waals surface area contributed by atoms with Crippen LogP contribution in [0.5, 0.6) is 5.75 Å². The van der Waals surface area contributed by atoms with Crippen LogP contribution < -0.4 is 10.5 Å². The van der Waals surface area contributed by atoms with Gasteiger partial charge in [0.05, 0.1) is 0 Å². The molecular formula is C14H8ClF2N3O2. The Bertz CT molecular complexity index is 839. The maximum Gasteiger partial charge on any atom is 0.324 e. The number of alkyl halides is 2. The highest BCUT2D eigenvalue weighted by Crippen LogP contribution is 2.41. The first kappa shape index (κ1) is 14.4. The van der Waals surface area contributed by atoms with Gasteiger partial charge in [-0.2, -0.15) is 13.9 Å². The van der Waals surface area contributed by atoms with Gasteiger partial charge in [0.15, 0.2) is 12.3 Å². The van der Waals surface area contributed by atoms with Gasteiger partial charge in [-0.15, -0.1) is 6.42 Å². The lowest BCUT2D eigenvalue weighted by Crippen LogP contribution is -2.24. The molecule has 0 atom stereocenters. The SMILES string of the molecule is C#Cc1ccc2c(c1)-n1nc(C(N)=O)c(Cl)c1C(F)(F)CO2. The van der Waals surface area contributed by atoms with Gasteiger partial charge in [-0.1, -0.05) is 17.5 Å². The number of carbonyl (C=O) groups is 1. The standard InChI is InChI=1S/C14H8ClF2N3O2/c1-2-7-3-4-9-8(5-7)20-12(14(16,17)6-22-9)10(15)11(19-20)13(18)21/h1,3-5H,6H2,(H2,18,21). The van der Waals surface area contributed by atoms with Gasteiger partial charge >= 0.3 is 5.92 Å². The smallest absolute Gasteiger partial charge is 0.324 e. The fraction of sp³-hybridized carbons (Fsp3) is 0.143. The van der Waals surface area contributed by atoms with Gasteiger partial charge in [-0.3, -0.25) is 4.79 Å². The Morgan fingerprint density at radius 3 is 2.91 bits per heavy atom. The molecule has 112 valence electrons. The largest absolute Gasteiger partial charge is 0.485 e. The lowest BCUT2D eigenvalue weighted by Gasteiger charge is -2.13. The van der Waals surface area contributed by atoms with Gasteiger partial charge in [0.2, 0.25) is 0 Å². The van der Waals surface area contributed by atoms with Crippen LogP contribution in [0.2, 0.25) is 5.02 Å². The zero-order chi connectivity index (χ0) is 16.1. The zero-order valence-corrected chi connectivity index (χ0v) is 11.7. The number of halogens is 3. The number of primary amides is 1. The van der Waals surface area contributed by atoms with E-state index in [1.807, 2.05) is 0 Å². The van der Waals surface area contributed by atoms with E-state index in [2.05, 4.69) is 11.0 Å². The van der Waals surface area contributed by atoms with E-state index < -0.39 is 34.8 Å². The predicted octanol–water partition coefficient (Wildman–Crippen LogP) is 2.09. The van der Waals surface area contributed by atoms with Crippen molar-refractivity contribution in [3.63, 3.8) is 0 Å². The second kappa shape index (κ2) is 4.71. The summed E-state index contributed by atoms with van der Waals surface area (Å²) in [6.07, 6.45) is 5.31. The molecule has 22 heavy (non-hydrogen) atoms. The Labute approximate surface area is 128 Å². The summed E-state index contributed by atoms with van der Waals surface area (Å²) in [7, 11) is 0. The van der Waals surface area contributed by atoms with Gasteiger partial charge in [0.1, 0.15) is 22.2 Å². The highest BCUT2D eigenvalue weighted by Gasteiger charge is 2.44. The maximum absolute atomic E-state index is 14.3. The molecule has 1 aromatic heterocycles. The third kappa shape index (κ3) is 2.00. The topological polar surface area (TPSA) is 70.1 Å². The highest BCUT2D eigenvalue weighted by molar-refractivity contribution is 6.34. The average Bonchev–Trinajstić information content (AvgIpc) is 2.78. The van der Waals surface area contributed by atoms with Crippen LogP contribution in [0.15, 0.2) is 18.2 Å². The maximum atomic E-state index is 14.3. The van der Waals surface area contributed by atoms with Crippen molar-refractivity contribution >= 4 is 17.5 Å². The minimum absolute atomic E-state index is 0.146. The number of hydrogen-bond donors (Lipinski definition) is 1. The summed E-state index contributed by atoms with van der Waals surface area (Å²) in [5.74, 6) is -1.92. The summed E-state index contributed by atoms with van der Waals surface area (Å²) in [6, 6.07) is 4.44. The van der Waals surface area contributed by atoms with Gasteiger partial charge < -0.3 is 10.5 Å². The molecule has 0 aliphatic carbocycles. The lowest BCUT2D eigenvalue weighted by molar-refractivity contribution is -0.0486. The number of amides is 1. The molecule has 1 aliphatic heterocycles. The Morgan fingerprint density at radius 2 is 2.27 bits per heavy atom. The average molecular weight is 324 g/mol. The summed E-state index contributed by atoms with van der Waals surface area (Å²) in [5.41, 5.74) is 4.63. The molecule has 2 aromatic rings. The molecule has 0 bridgehead atoms. The molecule has 0 saturated carbocycles. The summed E-state index contributed by atoms with van der Waals surface area (Å²) >= 11 is 5.87. The van der Waals surface area contributed by atoms with E-state index in [-0.39, 0.29) is 11.4 Å². The number of fused-ring (bicyclic) bond motifs is 3. The van der Waals surface area contributed by atoms with Crippen LogP contribution in [0.25, 0.3) is 5.69 Å². The van der Waals surface area contributed by atoms with Crippen LogP contribution >= 0.6 is 11.6 Å². The Balaban J connectivity index is 2.37. The van der Waals surface area contributed by atoms with Crippen molar-refractivity contribution in [3.8, 4) is 23.8 Å². The summed E-state index contributed by atoms with van der Waals surface area (Å²) < 4.78 is 34.5. The Kier molecular flexibility index (Phi) is 3.07. The number of terminal acetylenes is 1. The predicted molar refractivity (Wildman–Crippen MR) is 74.4 cm³/mol. The van der Waals surface area contributed by atoms with Crippen molar-refractivity contribution in [1.29, 1.82) is 0 Å². The van der Waals surface area contributed by atoms with E-state index in [1.165, 1.54) is 12.1 Å². The minimum atomic E-state index is -3.45. The van der Waals surface area contributed by atoms with Crippen molar-refractivity contribution in [2.75, 3.05) is 6.61 Å². The highest BCUT2D eigenvalue weighted by atomic mass is 35.5. The van der Waals surface area contributed by atoms with Crippen LogP contribution in [0.4, 0.5) is 8.78 Å². The van der Waals surface area contributed by atoms with Gasteiger partial charge in [-0.25, -0.2) is 4.68 Å². The second-order valence-corrected chi connectivity index (χ2v) is 4.99. The van der Waals surface area contributed by atoms with E-state index >= 15 is 0 Å². The molecule has 1 aliphatic rings. The van der Waals surface area contributed by atoms with Crippen molar-refractivity contribution in [1.82, 2.24) is 9.78 Å². The van der Waals surface area contributed by atoms with E-state index in [9.17, 15) is 13.6 Å². The number of hydrogen-bond acceptors (Lipinski definition) is 3. The summed E-state index contributed by atoms with van der Waals surface area (Å²) in [4.78, 5) is 11.3. The van der Waals surface area contributed by atoms with Crippen LogP contribution in [-0.2, 0) is 5.92 Å². The minimum Gasteiger partial charge on any atom is -0.485 e. The van der Waals surface area contributed by atoms with Crippen LogP contribution in [-0.4, -0.2) is 22.3 Å². The third-order valence-corrected chi connectivity index (χ3v) is 3.53. The quantitative estimate of drug-likeness (QED) is 0.817. The summed E-state index contributed by atoms with van der Waals surface area (Å²) in [5, 5.41) is 3.30. The number of benzene rings is 1. The van der Waals surface area contributed by atoms with Crippen molar-refractivity contribution in [2.24, 2.45) is 5.73 Å². The second-order valence-electron chi connectivity index (χ2n) is 4.61. The summed E-state index contributed by atoms with van der Waals surface area (Å²) in [6.45, 7) is -0.945. The number of rotatable bonds is 1. The number of aromatic nitrogens is 2. The fourth-order valence-corrected chi connectivity index (χ4v) is 2.53. The van der Waals surface area contributed by atoms with Gasteiger partial charge in [0.25, 0.3) is 5.91 Å². The number of nitrogens with zero attached hydrogens (tertiary/aromatic N) is 2. The normalized spacial score (nSPS) is 15.0. The molecule has 5 nitrogen and oxygen atoms in total. The number of carbonyl (C=O) groups excluding carboxylic acids is 1. The van der Waals surface area contributed by atoms with E-state index in [1.54, 1.807) is 6.07 Å². The van der Waals surface area contributed by atoms with Crippen LogP contribution in [0.1, 0.15) is 21.7 Å². The number of nitrogens with two attached hydrogens (primary N) is 1. The van der Waals surface area contributed by atoms with Crippen molar-refractivity contribution in [2.45, 2.75) is 5.92 Å². The molecule has 0 radical (unpaired) electrons.